The molecule has 1 aliphatic rings. The first-order valence-corrected chi connectivity index (χ1v) is 6.11. The van der Waals surface area contributed by atoms with Crippen LogP contribution < -0.4 is 0 Å². The van der Waals surface area contributed by atoms with Gasteiger partial charge in [-0.3, -0.25) is 0 Å². The summed E-state index contributed by atoms with van der Waals surface area (Å²) in [5.41, 5.74) is 0.931. The number of benzene rings is 1. The molecule has 1 aromatic carbocycles. The van der Waals surface area contributed by atoms with Gasteiger partial charge >= 0.3 is 0 Å². The maximum atomic E-state index is 9.41. The fraction of sp³-hybridized carbons (Fsp3) is 0.417. The normalized spacial score (nSPS) is 20.8. The first-order valence-electron chi connectivity index (χ1n) is 5.14. The average molecular weight is 312 g/mol. The Bertz CT molecular complexity index is 361. The van der Waals surface area contributed by atoms with Gasteiger partial charge in [-0.1, -0.05) is 30.3 Å². The molecule has 1 aliphatic heterocycles. The van der Waals surface area contributed by atoms with E-state index in [9.17, 15) is 5.26 Å². The van der Waals surface area contributed by atoms with Gasteiger partial charge in [-0.15, -0.1) is 0 Å². The van der Waals surface area contributed by atoms with Gasteiger partial charge in [0, 0.05) is 36.0 Å². The lowest BCUT2D eigenvalue weighted by molar-refractivity contribution is 0.313. The van der Waals surface area contributed by atoms with Crippen molar-refractivity contribution in [2.45, 2.75) is 18.3 Å². The molecule has 3 heteroatoms. The zero-order valence-corrected chi connectivity index (χ0v) is 10.6. The summed E-state index contributed by atoms with van der Waals surface area (Å²) in [6.45, 7) is 2.01. The number of hydrogen-bond donors (Lipinski definition) is 0. The SMILES string of the molecule is N#CC1(c2ccccc2)CCN(I)CC1. The standard InChI is InChI=1S/C12H13IN2/c13-15-8-6-12(10-14,7-9-15)11-4-2-1-3-5-11/h1-5H,6-9H2. The van der Waals surface area contributed by atoms with Gasteiger partial charge in [0.25, 0.3) is 0 Å². The van der Waals surface area contributed by atoms with Crippen LogP contribution in [0.4, 0.5) is 0 Å². The number of piperidine rings is 1. The molecule has 1 aromatic rings. The van der Waals surface area contributed by atoms with Gasteiger partial charge in [0.15, 0.2) is 0 Å². The van der Waals surface area contributed by atoms with Gasteiger partial charge in [0.05, 0.1) is 11.5 Å². The molecule has 0 amide bonds. The van der Waals surface area contributed by atoms with Gasteiger partial charge in [0.1, 0.15) is 0 Å². The summed E-state index contributed by atoms with van der Waals surface area (Å²) in [5, 5.41) is 9.41. The molecule has 1 saturated heterocycles. The van der Waals surface area contributed by atoms with Crippen molar-refractivity contribution in [2.24, 2.45) is 0 Å². The second kappa shape index (κ2) is 4.50. The maximum absolute atomic E-state index is 9.41. The van der Waals surface area contributed by atoms with Crippen LogP contribution in [-0.2, 0) is 5.41 Å². The minimum absolute atomic E-state index is 0.247. The highest BCUT2D eigenvalue weighted by atomic mass is 127. The third kappa shape index (κ3) is 2.16. The summed E-state index contributed by atoms with van der Waals surface area (Å²) < 4.78 is 2.26. The monoisotopic (exact) mass is 312 g/mol. The summed E-state index contributed by atoms with van der Waals surface area (Å²) in [4.78, 5) is 0. The molecule has 0 N–H and O–H groups in total. The lowest BCUT2D eigenvalue weighted by atomic mass is 9.74. The van der Waals surface area contributed by atoms with Crippen molar-refractivity contribution in [1.82, 2.24) is 3.11 Å². The summed E-state index contributed by atoms with van der Waals surface area (Å²) >= 11 is 2.33. The van der Waals surface area contributed by atoms with Gasteiger partial charge < -0.3 is 0 Å². The number of rotatable bonds is 1. The average Bonchev–Trinajstić information content (AvgIpc) is 2.32. The summed E-state index contributed by atoms with van der Waals surface area (Å²) in [5.74, 6) is 0. The minimum atomic E-state index is -0.247. The lowest BCUT2D eigenvalue weighted by Gasteiger charge is -2.34. The van der Waals surface area contributed by atoms with E-state index >= 15 is 0 Å². The van der Waals surface area contributed by atoms with Crippen LogP contribution in [-0.4, -0.2) is 16.2 Å². The first-order chi connectivity index (χ1) is 7.27. The van der Waals surface area contributed by atoms with E-state index in [1.165, 1.54) is 5.56 Å². The molecule has 1 fully saturated rings. The number of halogens is 1. The van der Waals surface area contributed by atoms with E-state index in [1.807, 2.05) is 18.2 Å². The highest BCUT2D eigenvalue weighted by Gasteiger charge is 2.35. The zero-order valence-electron chi connectivity index (χ0n) is 8.49. The zero-order chi connectivity index (χ0) is 10.7. The van der Waals surface area contributed by atoms with Gasteiger partial charge in [-0.05, 0) is 18.4 Å². The molecular formula is C12H13IN2. The Hall–Kier alpha value is -0.600. The van der Waals surface area contributed by atoms with E-state index < -0.39 is 0 Å². The van der Waals surface area contributed by atoms with Crippen LogP contribution in [0, 0.1) is 11.3 Å². The molecule has 0 atom stereocenters. The molecule has 15 heavy (non-hydrogen) atoms. The van der Waals surface area contributed by atoms with E-state index in [0.717, 1.165) is 25.9 Å². The van der Waals surface area contributed by atoms with Crippen molar-refractivity contribution in [1.29, 1.82) is 5.26 Å². The molecule has 0 bridgehead atoms. The Morgan fingerprint density at radius 1 is 1.20 bits per heavy atom. The first kappa shape index (κ1) is 10.9. The fourth-order valence-corrected chi connectivity index (χ4v) is 2.57. The van der Waals surface area contributed by atoms with E-state index in [4.69, 9.17) is 0 Å². The Balaban J connectivity index is 2.28. The Morgan fingerprint density at radius 2 is 1.80 bits per heavy atom. The molecule has 78 valence electrons. The largest absolute Gasteiger partial charge is 0.247 e. The summed E-state index contributed by atoms with van der Waals surface area (Å²) in [6, 6.07) is 12.7. The predicted octanol–water partition coefficient (Wildman–Crippen LogP) is 2.89. The molecule has 0 radical (unpaired) electrons. The fourth-order valence-electron chi connectivity index (χ4n) is 2.08. The van der Waals surface area contributed by atoms with Crippen LogP contribution in [0.3, 0.4) is 0 Å². The van der Waals surface area contributed by atoms with Crippen LogP contribution in [0.15, 0.2) is 30.3 Å². The third-order valence-corrected chi connectivity index (χ3v) is 4.07. The van der Waals surface area contributed by atoms with Crippen LogP contribution in [0.1, 0.15) is 18.4 Å². The maximum Gasteiger partial charge on any atom is 0.0847 e. The number of nitriles is 1. The summed E-state index contributed by atoms with van der Waals surface area (Å²) in [7, 11) is 0. The molecule has 0 aliphatic carbocycles. The second-order valence-electron chi connectivity index (χ2n) is 3.97. The van der Waals surface area contributed by atoms with E-state index in [0.29, 0.717) is 0 Å². The molecule has 0 aromatic heterocycles. The topological polar surface area (TPSA) is 27.0 Å². The highest BCUT2D eigenvalue weighted by Crippen LogP contribution is 2.35. The molecule has 1 heterocycles. The van der Waals surface area contributed by atoms with E-state index in [1.54, 1.807) is 0 Å². The third-order valence-electron chi connectivity index (χ3n) is 3.10. The van der Waals surface area contributed by atoms with Crippen LogP contribution in [0.25, 0.3) is 0 Å². The van der Waals surface area contributed by atoms with Crippen LogP contribution in [0.5, 0.6) is 0 Å². The molecule has 0 unspecified atom stereocenters. The smallest absolute Gasteiger partial charge is 0.0847 e. The minimum Gasteiger partial charge on any atom is -0.247 e. The van der Waals surface area contributed by atoms with Crippen molar-refractivity contribution in [3.63, 3.8) is 0 Å². The van der Waals surface area contributed by atoms with E-state index in [-0.39, 0.29) is 5.41 Å². The van der Waals surface area contributed by atoms with Gasteiger partial charge in [-0.25, -0.2) is 3.11 Å². The van der Waals surface area contributed by atoms with Gasteiger partial charge in [-0.2, -0.15) is 5.26 Å². The van der Waals surface area contributed by atoms with Crippen molar-refractivity contribution >= 4 is 22.9 Å². The molecule has 2 rings (SSSR count). The Kier molecular flexibility index (Phi) is 3.27. The van der Waals surface area contributed by atoms with Crippen molar-refractivity contribution < 1.29 is 0 Å². The van der Waals surface area contributed by atoms with Crippen molar-refractivity contribution in [2.75, 3.05) is 13.1 Å². The molecule has 2 nitrogen and oxygen atoms in total. The van der Waals surface area contributed by atoms with E-state index in [2.05, 4.69) is 44.2 Å². The van der Waals surface area contributed by atoms with Gasteiger partial charge in [0.2, 0.25) is 0 Å². The lowest BCUT2D eigenvalue weighted by Crippen LogP contribution is -2.37. The highest BCUT2D eigenvalue weighted by molar-refractivity contribution is 14.1. The molecule has 0 spiro atoms. The quantitative estimate of drug-likeness (QED) is 0.589. The van der Waals surface area contributed by atoms with Crippen LogP contribution >= 0.6 is 22.9 Å². The number of nitrogens with zero attached hydrogens (tertiary/aromatic N) is 2. The number of hydrogen-bond acceptors (Lipinski definition) is 2. The predicted molar refractivity (Wildman–Crippen MR) is 68.6 cm³/mol. The summed E-state index contributed by atoms with van der Waals surface area (Å²) in [6.07, 6.45) is 1.88. The van der Waals surface area contributed by atoms with Crippen molar-refractivity contribution in [3.8, 4) is 6.07 Å². The Labute approximate surface area is 104 Å². The Morgan fingerprint density at radius 3 is 2.33 bits per heavy atom. The van der Waals surface area contributed by atoms with Crippen LogP contribution in [0.2, 0.25) is 0 Å². The molecular weight excluding hydrogens is 299 g/mol. The van der Waals surface area contributed by atoms with Crippen molar-refractivity contribution in [3.05, 3.63) is 35.9 Å². The molecule has 0 saturated carbocycles. The second-order valence-corrected chi connectivity index (χ2v) is 5.33.